The quantitative estimate of drug-likeness (QED) is 0.452. The number of ether oxygens (including phenoxy) is 3. The van der Waals surface area contributed by atoms with E-state index < -0.39 is 0 Å². The molecule has 7 heteroatoms. The average Bonchev–Trinajstić information content (AvgIpc) is 2.81. The van der Waals surface area contributed by atoms with Crippen LogP contribution in [0.3, 0.4) is 0 Å². The van der Waals surface area contributed by atoms with Gasteiger partial charge in [0.15, 0.2) is 17.3 Å². The van der Waals surface area contributed by atoms with E-state index in [9.17, 15) is 9.59 Å². The van der Waals surface area contributed by atoms with Gasteiger partial charge < -0.3 is 24.0 Å². The summed E-state index contributed by atoms with van der Waals surface area (Å²) in [5, 5.41) is 0. The zero-order valence-electron chi connectivity index (χ0n) is 18.4. The normalized spacial score (nSPS) is 13.6. The van der Waals surface area contributed by atoms with Crippen molar-refractivity contribution < 1.29 is 23.8 Å². The van der Waals surface area contributed by atoms with Crippen LogP contribution in [-0.2, 0) is 4.79 Å². The molecule has 1 fully saturated rings. The molecule has 0 unspecified atom stereocenters. The number of Topliss-reactive ketones (excluding diaryl/α,β-unsaturated/α-hetero) is 1. The highest BCUT2D eigenvalue weighted by Gasteiger charge is 2.22. The number of rotatable bonds is 9. The average molecular weight is 427 g/mol. The van der Waals surface area contributed by atoms with Gasteiger partial charge in [-0.15, -0.1) is 0 Å². The smallest absolute Gasteiger partial charge is 0.222 e. The lowest BCUT2D eigenvalue weighted by atomic mass is 10.1. The third-order valence-electron chi connectivity index (χ3n) is 5.42. The van der Waals surface area contributed by atoms with Gasteiger partial charge in [-0.1, -0.05) is 12.1 Å². The van der Waals surface area contributed by atoms with Crippen LogP contribution in [0.25, 0.3) is 0 Å². The SMILES string of the molecule is COc1cc(C(C)=O)ccc1OCCCC(=O)N1CCN(c2ccccc2OC)CC1. The predicted molar refractivity (Wildman–Crippen MR) is 120 cm³/mol. The van der Waals surface area contributed by atoms with Gasteiger partial charge in [-0.2, -0.15) is 0 Å². The van der Waals surface area contributed by atoms with E-state index in [0.29, 0.717) is 49.6 Å². The maximum absolute atomic E-state index is 12.6. The number of para-hydroxylation sites is 2. The van der Waals surface area contributed by atoms with Gasteiger partial charge in [0.05, 0.1) is 26.5 Å². The lowest BCUT2D eigenvalue weighted by Crippen LogP contribution is -2.48. The van der Waals surface area contributed by atoms with Crippen molar-refractivity contribution in [3.8, 4) is 17.2 Å². The van der Waals surface area contributed by atoms with E-state index in [4.69, 9.17) is 14.2 Å². The number of nitrogens with zero attached hydrogens (tertiary/aromatic N) is 2. The van der Waals surface area contributed by atoms with Crippen LogP contribution in [0, 0.1) is 0 Å². The number of benzene rings is 2. The molecule has 1 saturated heterocycles. The number of carbonyl (C=O) groups excluding carboxylic acids is 2. The first-order chi connectivity index (χ1) is 15.0. The van der Waals surface area contributed by atoms with Crippen molar-refractivity contribution in [1.29, 1.82) is 0 Å². The molecule has 1 heterocycles. The second kappa shape index (κ2) is 10.7. The fourth-order valence-corrected chi connectivity index (χ4v) is 3.66. The molecular weight excluding hydrogens is 396 g/mol. The Morgan fingerprint density at radius 2 is 1.61 bits per heavy atom. The number of anilines is 1. The molecule has 0 atom stereocenters. The Balaban J connectivity index is 1.43. The summed E-state index contributed by atoms with van der Waals surface area (Å²) in [6.45, 7) is 4.86. The highest BCUT2D eigenvalue weighted by molar-refractivity contribution is 5.94. The Kier molecular flexibility index (Phi) is 7.76. The maximum Gasteiger partial charge on any atom is 0.222 e. The monoisotopic (exact) mass is 426 g/mol. The molecule has 2 aromatic carbocycles. The molecular formula is C24H30N2O5. The van der Waals surface area contributed by atoms with Crippen molar-refractivity contribution in [2.75, 3.05) is 51.9 Å². The number of hydrogen-bond donors (Lipinski definition) is 0. The molecule has 0 aliphatic carbocycles. The van der Waals surface area contributed by atoms with Gasteiger partial charge in [0, 0.05) is 38.2 Å². The van der Waals surface area contributed by atoms with Gasteiger partial charge in [0.1, 0.15) is 5.75 Å². The van der Waals surface area contributed by atoms with Crippen LogP contribution in [0.4, 0.5) is 5.69 Å². The maximum atomic E-state index is 12.6. The van der Waals surface area contributed by atoms with E-state index >= 15 is 0 Å². The van der Waals surface area contributed by atoms with Gasteiger partial charge in [-0.3, -0.25) is 9.59 Å². The molecule has 31 heavy (non-hydrogen) atoms. The second-order valence-corrected chi connectivity index (χ2v) is 7.41. The van der Waals surface area contributed by atoms with E-state index in [1.165, 1.54) is 6.92 Å². The number of ketones is 1. The van der Waals surface area contributed by atoms with Crippen molar-refractivity contribution in [1.82, 2.24) is 4.90 Å². The molecule has 7 nitrogen and oxygen atoms in total. The van der Waals surface area contributed by atoms with Crippen LogP contribution >= 0.6 is 0 Å². The second-order valence-electron chi connectivity index (χ2n) is 7.41. The van der Waals surface area contributed by atoms with E-state index in [0.717, 1.165) is 24.5 Å². The molecule has 1 aliphatic heterocycles. The fraction of sp³-hybridized carbons (Fsp3) is 0.417. The molecule has 0 bridgehead atoms. The van der Waals surface area contributed by atoms with E-state index in [-0.39, 0.29) is 11.7 Å². The summed E-state index contributed by atoms with van der Waals surface area (Å²) >= 11 is 0. The summed E-state index contributed by atoms with van der Waals surface area (Å²) in [5.74, 6) is 2.06. The van der Waals surface area contributed by atoms with Crippen molar-refractivity contribution in [2.45, 2.75) is 19.8 Å². The minimum Gasteiger partial charge on any atom is -0.495 e. The molecule has 1 amide bonds. The van der Waals surface area contributed by atoms with Crippen molar-refractivity contribution in [2.24, 2.45) is 0 Å². The molecule has 0 saturated carbocycles. The van der Waals surface area contributed by atoms with Crippen LogP contribution in [0.15, 0.2) is 42.5 Å². The number of amides is 1. The van der Waals surface area contributed by atoms with E-state index in [1.54, 1.807) is 32.4 Å². The van der Waals surface area contributed by atoms with Gasteiger partial charge in [-0.25, -0.2) is 0 Å². The largest absolute Gasteiger partial charge is 0.495 e. The van der Waals surface area contributed by atoms with Gasteiger partial charge in [0.2, 0.25) is 5.91 Å². The lowest BCUT2D eigenvalue weighted by molar-refractivity contribution is -0.131. The van der Waals surface area contributed by atoms with Crippen molar-refractivity contribution in [3.05, 3.63) is 48.0 Å². The highest BCUT2D eigenvalue weighted by Crippen LogP contribution is 2.29. The van der Waals surface area contributed by atoms with E-state index in [1.807, 2.05) is 29.2 Å². The number of methoxy groups -OCH3 is 2. The summed E-state index contributed by atoms with van der Waals surface area (Å²) in [6, 6.07) is 13.1. The molecule has 2 aromatic rings. The Labute approximate surface area is 183 Å². The van der Waals surface area contributed by atoms with Gasteiger partial charge in [-0.05, 0) is 43.7 Å². The van der Waals surface area contributed by atoms with Crippen LogP contribution in [-0.4, -0.2) is 63.6 Å². The lowest BCUT2D eigenvalue weighted by Gasteiger charge is -2.36. The first-order valence-electron chi connectivity index (χ1n) is 10.5. The van der Waals surface area contributed by atoms with Crippen molar-refractivity contribution >= 4 is 17.4 Å². The van der Waals surface area contributed by atoms with E-state index in [2.05, 4.69) is 4.90 Å². The Morgan fingerprint density at radius 3 is 2.29 bits per heavy atom. The van der Waals surface area contributed by atoms with Crippen molar-refractivity contribution in [3.63, 3.8) is 0 Å². The summed E-state index contributed by atoms with van der Waals surface area (Å²) in [5.41, 5.74) is 1.64. The Hall–Kier alpha value is -3.22. The third kappa shape index (κ3) is 5.69. The summed E-state index contributed by atoms with van der Waals surface area (Å²) in [6.07, 6.45) is 1.05. The number of piperazine rings is 1. The minimum atomic E-state index is -0.0266. The summed E-state index contributed by atoms with van der Waals surface area (Å²) < 4.78 is 16.5. The summed E-state index contributed by atoms with van der Waals surface area (Å²) in [4.78, 5) is 28.2. The van der Waals surface area contributed by atoms with Gasteiger partial charge in [0.25, 0.3) is 0 Å². The topological polar surface area (TPSA) is 68.3 Å². The molecule has 0 N–H and O–H groups in total. The van der Waals surface area contributed by atoms with Gasteiger partial charge >= 0.3 is 0 Å². The predicted octanol–water partition coefficient (Wildman–Crippen LogP) is 3.41. The van der Waals surface area contributed by atoms with Crippen LogP contribution in [0.1, 0.15) is 30.1 Å². The fourth-order valence-electron chi connectivity index (χ4n) is 3.66. The number of carbonyl (C=O) groups is 2. The highest BCUT2D eigenvalue weighted by atomic mass is 16.5. The molecule has 3 rings (SSSR count). The molecule has 0 radical (unpaired) electrons. The minimum absolute atomic E-state index is 0.0266. The Morgan fingerprint density at radius 1 is 0.903 bits per heavy atom. The Bertz CT molecular complexity index is 907. The molecule has 0 spiro atoms. The number of hydrogen-bond acceptors (Lipinski definition) is 6. The molecule has 166 valence electrons. The van der Waals surface area contributed by atoms with Crippen LogP contribution in [0.5, 0.6) is 17.2 Å². The van der Waals surface area contributed by atoms with Crippen LogP contribution < -0.4 is 19.1 Å². The zero-order chi connectivity index (χ0) is 22.2. The van der Waals surface area contributed by atoms with Crippen LogP contribution in [0.2, 0.25) is 0 Å². The summed E-state index contributed by atoms with van der Waals surface area (Å²) in [7, 11) is 3.22. The first-order valence-corrected chi connectivity index (χ1v) is 10.5. The zero-order valence-corrected chi connectivity index (χ0v) is 18.4. The molecule has 0 aromatic heterocycles. The standard InChI is InChI=1S/C24H30N2O5/c1-18(27)19-10-11-22(23(17-19)30-3)31-16-6-9-24(28)26-14-12-25(13-15-26)20-7-4-5-8-21(20)29-2/h4-5,7-8,10-11,17H,6,9,12-16H2,1-3H3. The molecule has 1 aliphatic rings. The first kappa shape index (κ1) is 22.5. The third-order valence-corrected chi connectivity index (χ3v) is 5.42.